The summed E-state index contributed by atoms with van der Waals surface area (Å²) in [4.78, 5) is 15.2. The fourth-order valence-corrected chi connectivity index (χ4v) is 3.48. The first-order valence-electron chi connectivity index (χ1n) is 6.10. The summed E-state index contributed by atoms with van der Waals surface area (Å²) in [6, 6.07) is 3.24. The van der Waals surface area contributed by atoms with Crippen molar-refractivity contribution in [2.45, 2.75) is 17.9 Å². The lowest BCUT2D eigenvalue weighted by molar-refractivity contribution is -0.142. The molecule has 0 aliphatic carbocycles. The standard InChI is InChI=1S/C13H12Cl2N2O4S/c1-7(13(18)21-2)17-22(19,20)8-3-4-9-10(5-8)12(15)16-6-11(9)14/h3-7,17H,1-2H3/t7-/m0/s1. The molecule has 0 amide bonds. The molecule has 0 saturated carbocycles. The van der Waals surface area contributed by atoms with Crippen LogP contribution in [0, 0.1) is 0 Å². The Hall–Kier alpha value is -1.41. The Morgan fingerprint density at radius 1 is 1.32 bits per heavy atom. The Kier molecular flexibility index (Phi) is 4.91. The molecule has 1 atom stereocenters. The summed E-state index contributed by atoms with van der Waals surface area (Å²) in [6.07, 6.45) is 1.39. The first-order valence-corrected chi connectivity index (χ1v) is 8.34. The van der Waals surface area contributed by atoms with Gasteiger partial charge in [0.25, 0.3) is 0 Å². The molecular weight excluding hydrogens is 351 g/mol. The lowest BCUT2D eigenvalue weighted by atomic mass is 10.2. The molecule has 1 heterocycles. The van der Waals surface area contributed by atoms with Crippen molar-refractivity contribution in [1.82, 2.24) is 9.71 Å². The van der Waals surface area contributed by atoms with Crippen molar-refractivity contribution in [1.29, 1.82) is 0 Å². The van der Waals surface area contributed by atoms with Gasteiger partial charge in [-0.05, 0) is 19.1 Å². The summed E-state index contributed by atoms with van der Waals surface area (Å²) in [6.45, 7) is 1.38. The highest BCUT2D eigenvalue weighted by Crippen LogP contribution is 2.29. The number of ether oxygens (including phenoxy) is 1. The zero-order valence-electron chi connectivity index (χ0n) is 11.6. The third-order valence-corrected chi connectivity index (χ3v) is 5.10. The fraction of sp³-hybridized carbons (Fsp3) is 0.231. The minimum Gasteiger partial charge on any atom is -0.468 e. The summed E-state index contributed by atoms with van der Waals surface area (Å²) >= 11 is 12.0. The molecule has 0 spiro atoms. The van der Waals surface area contributed by atoms with Gasteiger partial charge in [-0.25, -0.2) is 13.4 Å². The molecule has 0 saturated heterocycles. The summed E-state index contributed by atoms with van der Waals surface area (Å²) in [5, 5.41) is 1.49. The highest BCUT2D eigenvalue weighted by atomic mass is 35.5. The van der Waals surface area contributed by atoms with Crippen molar-refractivity contribution in [2.75, 3.05) is 7.11 Å². The number of rotatable bonds is 4. The zero-order valence-corrected chi connectivity index (χ0v) is 14.0. The second kappa shape index (κ2) is 6.37. The van der Waals surface area contributed by atoms with Gasteiger partial charge in [-0.15, -0.1) is 0 Å². The SMILES string of the molecule is COC(=O)[C@H](C)NS(=O)(=O)c1ccc2c(Cl)cnc(Cl)c2c1. The van der Waals surface area contributed by atoms with Crippen molar-refractivity contribution in [2.24, 2.45) is 0 Å². The smallest absolute Gasteiger partial charge is 0.323 e. The molecule has 2 rings (SSSR count). The minimum atomic E-state index is -3.92. The van der Waals surface area contributed by atoms with Gasteiger partial charge in [-0.1, -0.05) is 29.3 Å². The lowest BCUT2D eigenvalue weighted by Crippen LogP contribution is -2.39. The highest BCUT2D eigenvalue weighted by Gasteiger charge is 2.23. The number of hydrogen-bond acceptors (Lipinski definition) is 5. The van der Waals surface area contributed by atoms with Gasteiger partial charge in [-0.3, -0.25) is 4.79 Å². The number of sulfonamides is 1. The summed E-state index contributed by atoms with van der Waals surface area (Å²) in [5.74, 6) is -0.688. The molecule has 0 unspecified atom stereocenters. The van der Waals surface area contributed by atoms with Crippen molar-refractivity contribution >= 4 is 50.0 Å². The van der Waals surface area contributed by atoms with E-state index >= 15 is 0 Å². The Morgan fingerprint density at radius 2 is 2.00 bits per heavy atom. The fourth-order valence-electron chi connectivity index (χ4n) is 1.85. The molecule has 1 aromatic carbocycles. The maximum atomic E-state index is 12.3. The number of halogens is 2. The number of carbonyl (C=O) groups is 1. The van der Waals surface area contributed by atoms with Crippen molar-refractivity contribution < 1.29 is 17.9 Å². The van der Waals surface area contributed by atoms with Gasteiger partial charge in [0.1, 0.15) is 11.2 Å². The van der Waals surface area contributed by atoms with Crippen molar-refractivity contribution in [3.63, 3.8) is 0 Å². The van der Waals surface area contributed by atoms with Gasteiger partial charge in [0.2, 0.25) is 10.0 Å². The number of aromatic nitrogens is 1. The molecule has 2 aromatic rings. The van der Waals surface area contributed by atoms with Crippen LogP contribution < -0.4 is 4.72 Å². The van der Waals surface area contributed by atoms with Crippen LogP contribution in [0.3, 0.4) is 0 Å². The normalized spacial score (nSPS) is 13.1. The first-order chi connectivity index (χ1) is 10.3. The summed E-state index contributed by atoms with van der Waals surface area (Å²) in [5.41, 5.74) is 0. The van der Waals surface area contributed by atoms with E-state index in [0.29, 0.717) is 15.8 Å². The average molecular weight is 363 g/mol. The van der Waals surface area contributed by atoms with E-state index in [1.165, 1.54) is 38.4 Å². The van der Waals surface area contributed by atoms with Crippen molar-refractivity contribution in [3.8, 4) is 0 Å². The van der Waals surface area contributed by atoms with Crippen LogP contribution in [0.1, 0.15) is 6.92 Å². The van der Waals surface area contributed by atoms with Crippen LogP contribution in [0.25, 0.3) is 10.8 Å². The molecule has 9 heteroatoms. The van der Waals surface area contributed by atoms with E-state index in [0.717, 1.165) is 0 Å². The molecule has 0 aliphatic heterocycles. The summed E-state index contributed by atoms with van der Waals surface area (Å²) in [7, 11) is -2.74. The van der Waals surface area contributed by atoms with Crippen LogP contribution in [-0.4, -0.2) is 32.5 Å². The van der Waals surface area contributed by atoms with E-state index < -0.39 is 22.0 Å². The Bertz CT molecular complexity index is 839. The van der Waals surface area contributed by atoms with E-state index in [4.69, 9.17) is 23.2 Å². The highest BCUT2D eigenvalue weighted by molar-refractivity contribution is 7.89. The van der Waals surface area contributed by atoms with E-state index in [-0.39, 0.29) is 10.0 Å². The van der Waals surface area contributed by atoms with Gasteiger partial charge >= 0.3 is 5.97 Å². The Balaban J connectivity index is 2.46. The number of methoxy groups -OCH3 is 1. The van der Waals surface area contributed by atoms with Gasteiger partial charge < -0.3 is 4.74 Å². The van der Waals surface area contributed by atoms with Crippen LogP contribution >= 0.6 is 23.2 Å². The molecule has 6 nitrogen and oxygen atoms in total. The number of nitrogens with one attached hydrogen (secondary N) is 1. The van der Waals surface area contributed by atoms with Gasteiger partial charge in [0, 0.05) is 17.0 Å². The number of pyridine rings is 1. The van der Waals surface area contributed by atoms with Gasteiger partial charge in [0.15, 0.2) is 0 Å². The number of benzene rings is 1. The predicted molar refractivity (Wildman–Crippen MR) is 83.6 cm³/mol. The average Bonchev–Trinajstić information content (AvgIpc) is 2.49. The molecule has 118 valence electrons. The predicted octanol–water partition coefficient (Wildman–Crippen LogP) is 2.38. The van der Waals surface area contributed by atoms with Gasteiger partial charge in [0.05, 0.1) is 17.0 Å². The zero-order chi connectivity index (χ0) is 16.5. The number of hydrogen-bond donors (Lipinski definition) is 1. The maximum absolute atomic E-state index is 12.3. The molecule has 0 fully saturated rings. The van der Waals surface area contributed by atoms with Crippen LogP contribution in [-0.2, 0) is 19.6 Å². The second-order valence-electron chi connectivity index (χ2n) is 4.47. The van der Waals surface area contributed by atoms with E-state index in [9.17, 15) is 13.2 Å². The van der Waals surface area contributed by atoms with Crippen molar-refractivity contribution in [3.05, 3.63) is 34.6 Å². The maximum Gasteiger partial charge on any atom is 0.323 e. The molecule has 0 aliphatic rings. The lowest BCUT2D eigenvalue weighted by Gasteiger charge is -2.13. The molecule has 1 N–H and O–H groups in total. The molecule has 1 aromatic heterocycles. The second-order valence-corrected chi connectivity index (χ2v) is 6.95. The Morgan fingerprint density at radius 3 is 2.64 bits per heavy atom. The van der Waals surface area contributed by atoms with Crippen LogP contribution in [0.15, 0.2) is 29.3 Å². The largest absolute Gasteiger partial charge is 0.468 e. The van der Waals surface area contributed by atoms with Crippen LogP contribution in [0.2, 0.25) is 10.2 Å². The van der Waals surface area contributed by atoms with E-state index in [1.807, 2.05) is 0 Å². The molecular formula is C13H12Cl2N2O4S. The minimum absolute atomic E-state index is 0.0540. The number of nitrogens with zero attached hydrogens (tertiary/aromatic N) is 1. The Labute approximate surface area is 137 Å². The molecule has 0 radical (unpaired) electrons. The third kappa shape index (κ3) is 3.33. The quantitative estimate of drug-likeness (QED) is 0.666. The first kappa shape index (κ1) is 17.0. The third-order valence-electron chi connectivity index (χ3n) is 2.96. The molecule has 0 bridgehead atoms. The molecule has 22 heavy (non-hydrogen) atoms. The number of esters is 1. The summed E-state index contributed by atoms with van der Waals surface area (Å²) < 4.78 is 31.3. The number of carbonyl (C=O) groups excluding carboxylic acids is 1. The topological polar surface area (TPSA) is 85.4 Å². The van der Waals surface area contributed by atoms with E-state index in [2.05, 4.69) is 14.4 Å². The van der Waals surface area contributed by atoms with E-state index in [1.54, 1.807) is 0 Å². The van der Waals surface area contributed by atoms with Gasteiger partial charge in [-0.2, -0.15) is 4.72 Å². The van der Waals surface area contributed by atoms with Crippen LogP contribution in [0.5, 0.6) is 0 Å². The van der Waals surface area contributed by atoms with Crippen LogP contribution in [0.4, 0.5) is 0 Å². The monoisotopic (exact) mass is 362 g/mol. The number of fused-ring (bicyclic) bond motifs is 1.